The van der Waals surface area contributed by atoms with E-state index in [1.807, 2.05) is 4.90 Å². The van der Waals surface area contributed by atoms with Crippen LogP contribution in [0.3, 0.4) is 0 Å². The van der Waals surface area contributed by atoms with Crippen molar-refractivity contribution in [2.24, 2.45) is 4.99 Å². The number of benzene rings is 2. The molecule has 28 heavy (non-hydrogen) atoms. The number of carbonyl (C=O) groups excluding carboxylic acids is 1. The van der Waals surface area contributed by atoms with E-state index < -0.39 is 11.6 Å². The minimum absolute atomic E-state index is 0.200. The van der Waals surface area contributed by atoms with Crippen molar-refractivity contribution in [1.29, 1.82) is 0 Å². The largest absolute Gasteiger partial charge is 0.494 e. The van der Waals surface area contributed by atoms with Crippen LogP contribution in [0, 0.1) is 11.6 Å². The van der Waals surface area contributed by atoms with Crippen LogP contribution in [-0.4, -0.2) is 53.8 Å². The van der Waals surface area contributed by atoms with Crippen LogP contribution >= 0.6 is 0 Å². The molecule has 3 aromatic rings. The molecular weight excluding hydrogens is 366 g/mol. The number of halogens is 2. The zero-order valence-corrected chi connectivity index (χ0v) is 14.9. The predicted molar refractivity (Wildman–Crippen MR) is 103 cm³/mol. The second-order valence-electron chi connectivity index (χ2n) is 6.57. The summed E-state index contributed by atoms with van der Waals surface area (Å²) < 4.78 is 28.6. The van der Waals surface area contributed by atoms with Gasteiger partial charge in [-0.3, -0.25) is 9.79 Å². The Morgan fingerprint density at radius 1 is 1.07 bits per heavy atom. The van der Waals surface area contributed by atoms with Gasteiger partial charge in [0, 0.05) is 43.8 Å². The van der Waals surface area contributed by atoms with E-state index in [1.54, 1.807) is 23.1 Å². The Balaban J connectivity index is 1.57. The number of nitrogens with one attached hydrogen (secondary N) is 1. The Morgan fingerprint density at radius 2 is 1.86 bits per heavy atom. The van der Waals surface area contributed by atoms with Crippen LogP contribution in [0.4, 0.5) is 20.2 Å². The van der Waals surface area contributed by atoms with Gasteiger partial charge >= 0.3 is 0 Å². The van der Waals surface area contributed by atoms with Crippen molar-refractivity contribution in [3.63, 3.8) is 0 Å². The monoisotopic (exact) mass is 384 g/mol. The number of hydrogen-bond acceptors (Lipinski definition) is 4. The maximum Gasteiger partial charge on any atom is 0.209 e. The minimum Gasteiger partial charge on any atom is -0.494 e. The lowest BCUT2D eigenvalue weighted by atomic mass is 10.1. The number of rotatable bonds is 4. The third-order valence-electron chi connectivity index (χ3n) is 4.87. The summed E-state index contributed by atoms with van der Waals surface area (Å²) in [6.07, 6.45) is 2.11. The van der Waals surface area contributed by atoms with E-state index in [9.17, 15) is 18.7 Å². The molecule has 1 saturated heterocycles. The number of nitrogens with zero attached hydrogens (tertiary/aromatic N) is 3. The fraction of sp³-hybridized carbons (Fsp3) is 0.200. The first-order valence-corrected chi connectivity index (χ1v) is 8.84. The van der Waals surface area contributed by atoms with Crippen molar-refractivity contribution in [2.75, 3.05) is 31.1 Å². The number of aliphatic imine (C=N–C) groups is 1. The first-order chi connectivity index (χ1) is 13.6. The summed E-state index contributed by atoms with van der Waals surface area (Å²) in [6.45, 7) is 2.21. The van der Waals surface area contributed by atoms with Gasteiger partial charge in [-0.05, 0) is 24.3 Å². The van der Waals surface area contributed by atoms with Crippen LogP contribution in [0.25, 0.3) is 10.9 Å². The lowest BCUT2D eigenvalue weighted by Crippen LogP contribution is -2.46. The summed E-state index contributed by atoms with van der Waals surface area (Å²) in [5.41, 5.74) is 1.46. The fourth-order valence-electron chi connectivity index (χ4n) is 3.38. The van der Waals surface area contributed by atoms with Gasteiger partial charge in [-0.1, -0.05) is 6.07 Å². The van der Waals surface area contributed by atoms with E-state index in [4.69, 9.17) is 0 Å². The molecule has 1 aliphatic heterocycles. The molecule has 0 saturated carbocycles. The molecule has 0 radical (unpaired) electrons. The summed E-state index contributed by atoms with van der Waals surface area (Å²) >= 11 is 0. The zero-order valence-electron chi connectivity index (χ0n) is 14.9. The van der Waals surface area contributed by atoms with Crippen molar-refractivity contribution in [3.05, 3.63) is 53.6 Å². The molecule has 8 heteroatoms. The molecule has 144 valence electrons. The van der Waals surface area contributed by atoms with Gasteiger partial charge in [-0.2, -0.15) is 0 Å². The van der Waals surface area contributed by atoms with Gasteiger partial charge in [-0.25, -0.2) is 8.78 Å². The molecule has 0 unspecified atom stereocenters. The van der Waals surface area contributed by atoms with E-state index in [2.05, 4.69) is 9.98 Å². The Morgan fingerprint density at radius 3 is 2.57 bits per heavy atom. The van der Waals surface area contributed by atoms with E-state index in [-0.39, 0.29) is 16.8 Å². The van der Waals surface area contributed by atoms with Crippen molar-refractivity contribution in [1.82, 2.24) is 9.88 Å². The summed E-state index contributed by atoms with van der Waals surface area (Å²) in [4.78, 5) is 21.2. The molecule has 1 aliphatic rings. The van der Waals surface area contributed by atoms with E-state index >= 15 is 0 Å². The molecule has 1 fully saturated rings. The first kappa shape index (κ1) is 18.0. The molecule has 1 amide bonds. The molecule has 1 aromatic heterocycles. The van der Waals surface area contributed by atoms with Gasteiger partial charge in [0.25, 0.3) is 0 Å². The number of hydrogen-bond donors (Lipinski definition) is 2. The number of aromatic nitrogens is 1. The number of piperazine rings is 1. The molecule has 0 aliphatic carbocycles. The van der Waals surface area contributed by atoms with Gasteiger partial charge in [-0.15, -0.1) is 0 Å². The highest BCUT2D eigenvalue weighted by molar-refractivity contribution is 6.02. The number of H-pyrrole nitrogens is 1. The molecule has 2 aromatic carbocycles. The highest BCUT2D eigenvalue weighted by Crippen LogP contribution is 2.29. The van der Waals surface area contributed by atoms with Crippen molar-refractivity contribution < 1.29 is 18.7 Å². The summed E-state index contributed by atoms with van der Waals surface area (Å²) in [6, 6.07) is 9.06. The van der Waals surface area contributed by atoms with Gasteiger partial charge in [0.2, 0.25) is 6.41 Å². The summed E-state index contributed by atoms with van der Waals surface area (Å²) in [5, 5.41) is 10.3. The second-order valence-corrected chi connectivity index (χ2v) is 6.57. The highest BCUT2D eigenvalue weighted by atomic mass is 19.1. The number of aromatic hydroxyl groups is 1. The van der Waals surface area contributed by atoms with Crippen molar-refractivity contribution in [3.8, 4) is 5.88 Å². The molecule has 4 rings (SSSR count). The molecule has 0 spiro atoms. The second kappa shape index (κ2) is 7.30. The van der Waals surface area contributed by atoms with Gasteiger partial charge < -0.3 is 19.9 Å². The maximum atomic E-state index is 14.6. The molecular formula is C20H18F2N4O2. The van der Waals surface area contributed by atoms with Gasteiger partial charge in [0.05, 0.1) is 22.5 Å². The van der Waals surface area contributed by atoms with Crippen LogP contribution in [0.5, 0.6) is 5.88 Å². The number of carbonyl (C=O) groups is 1. The minimum atomic E-state index is -0.480. The third-order valence-corrected chi connectivity index (χ3v) is 4.87. The lowest BCUT2D eigenvalue weighted by Gasteiger charge is -2.34. The predicted octanol–water partition coefficient (Wildman–Crippen LogP) is 3.18. The molecule has 0 bridgehead atoms. The van der Waals surface area contributed by atoms with Crippen LogP contribution in [0.1, 0.15) is 5.56 Å². The number of anilines is 1. The van der Waals surface area contributed by atoms with Crippen LogP contribution in [0.15, 0.2) is 41.4 Å². The average molecular weight is 384 g/mol. The average Bonchev–Trinajstić information content (AvgIpc) is 3.03. The van der Waals surface area contributed by atoms with Gasteiger partial charge in [0.1, 0.15) is 11.6 Å². The normalized spacial score (nSPS) is 14.9. The molecule has 2 N–H and O–H groups in total. The maximum absolute atomic E-state index is 14.6. The summed E-state index contributed by atoms with van der Waals surface area (Å²) in [7, 11) is 0. The first-order valence-electron chi connectivity index (χ1n) is 8.84. The Bertz CT molecular complexity index is 1060. The molecule has 2 heterocycles. The Hall–Kier alpha value is -3.42. The summed E-state index contributed by atoms with van der Waals surface area (Å²) in [5.74, 6) is -1.11. The topological polar surface area (TPSA) is 71.9 Å². The van der Waals surface area contributed by atoms with Gasteiger partial charge in [0.15, 0.2) is 5.88 Å². The fourth-order valence-corrected chi connectivity index (χ4v) is 3.38. The molecule has 6 nitrogen and oxygen atoms in total. The Labute approximate surface area is 159 Å². The standard InChI is InChI=1S/C20H18F2N4O2/c21-15-2-1-3-17-19(15)14(20(28)24-17)11-23-13-4-5-18(16(22)10-13)26-8-6-25(12-27)7-9-26/h1-5,10-12,24,28H,6-9H2. The van der Waals surface area contributed by atoms with E-state index in [0.29, 0.717) is 43.1 Å². The SMILES string of the molecule is O=CN1CCN(c2ccc(N=Cc3c(O)[nH]c4cccc(F)c34)cc2F)CC1. The zero-order chi connectivity index (χ0) is 19.7. The van der Waals surface area contributed by atoms with Crippen LogP contribution in [0.2, 0.25) is 0 Å². The van der Waals surface area contributed by atoms with Crippen molar-refractivity contribution >= 4 is 34.9 Å². The smallest absolute Gasteiger partial charge is 0.209 e. The lowest BCUT2D eigenvalue weighted by molar-refractivity contribution is -0.118. The molecule has 0 atom stereocenters. The number of fused-ring (bicyclic) bond motifs is 1. The van der Waals surface area contributed by atoms with E-state index in [0.717, 1.165) is 6.41 Å². The number of amides is 1. The van der Waals surface area contributed by atoms with Crippen molar-refractivity contribution in [2.45, 2.75) is 0 Å². The van der Waals surface area contributed by atoms with Crippen LogP contribution < -0.4 is 4.90 Å². The van der Waals surface area contributed by atoms with Crippen LogP contribution in [-0.2, 0) is 4.79 Å². The Kier molecular flexibility index (Phi) is 4.68. The quantitative estimate of drug-likeness (QED) is 0.536. The van der Waals surface area contributed by atoms with E-state index in [1.165, 1.54) is 24.4 Å². The third kappa shape index (κ3) is 3.28. The highest BCUT2D eigenvalue weighted by Gasteiger charge is 2.18. The number of aromatic amines is 1.